The van der Waals surface area contributed by atoms with Crippen LogP contribution in [-0.2, 0) is 14.3 Å². The van der Waals surface area contributed by atoms with Crippen LogP contribution in [0.5, 0.6) is 5.88 Å². The molecule has 1 amide bonds. The number of nitrogens with zero attached hydrogens (tertiary/aromatic N) is 2. The standard InChI is InChI=1S/C18H22N2O6/c21-16(12-1-4-19-15(7-12)26-14-2-5-24-10-14)20-8-13-9-25-6-3-18(13,11-20)17(22)23/h1,4,7,13-14H,2-3,5-6,8-11H2,(H,22,23)/t13-,14?,18+/m0/s1. The second-order valence-electron chi connectivity index (χ2n) is 7.16. The number of rotatable bonds is 4. The average molecular weight is 362 g/mol. The van der Waals surface area contributed by atoms with Gasteiger partial charge in [0.25, 0.3) is 5.91 Å². The fourth-order valence-corrected chi connectivity index (χ4v) is 4.02. The first-order valence-electron chi connectivity index (χ1n) is 8.89. The summed E-state index contributed by atoms with van der Waals surface area (Å²) in [7, 11) is 0. The van der Waals surface area contributed by atoms with Crippen LogP contribution in [0.2, 0.25) is 0 Å². The Morgan fingerprint density at radius 1 is 1.31 bits per heavy atom. The first-order valence-corrected chi connectivity index (χ1v) is 8.89. The molecular formula is C18H22N2O6. The van der Waals surface area contributed by atoms with Crippen LogP contribution < -0.4 is 4.74 Å². The Balaban J connectivity index is 1.50. The number of aromatic nitrogens is 1. The van der Waals surface area contributed by atoms with Crippen LogP contribution in [0.3, 0.4) is 0 Å². The average Bonchev–Trinajstić information content (AvgIpc) is 3.29. The molecule has 1 N–H and O–H groups in total. The lowest BCUT2D eigenvalue weighted by Gasteiger charge is -2.33. The smallest absolute Gasteiger partial charge is 0.311 e. The Morgan fingerprint density at radius 3 is 2.88 bits per heavy atom. The molecule has 140 valence electrons. The van der Waals surface area contributed by atoms with Gasteiger partial charge < -0.3 is 24.2 Å². The zero-order valence-corrected chi connectivity index (χ0v) is 14.4. The molecule has 0 bridgehead atoms. The van der Waals surface area contributed by atoms with Gasteiger partial charge in [0.05, 0.1) is 25.2 Å². The van der Waals surface area contributed by atoms with Crippen LogP contribution in [0.15, 0.2) is 18.3 Å². The Hall–Kier alpha value is -2.19. The molecule has 0 aromatic carbocycles. The minimum absolute atomic E-state index is 0.0464. The molecule has 4 rings (SSSR count). The third kappa shape index (κ3) is 3.03. The van der Waals surface area contributed by atoms with Crippen molar-refractivity contribution in [3.8, 4) is 5.88 Å². The highest BCUT2D eigenvalue weighted by Crippen LogP contribution is 2.42. The Kier molecular flexibility index (Phi) is 4.54. The number of hydrogen-bond donors (Lipinski definition) is 1. The lowest BCUT2D eigenvalue weighted by Crippen LogP contribution is -2.45. The van der Waals surface area contributed by atoms with Gasteiger partial charge in [-0.05, 0) is 12.5 Å². The van der Waals surface area contributed by atoms with Crippen molar-refractivity contribution in [1.82, 2.24) is 9.88 Å². The first kappa shape index (κ1) is 17.2. The number of hydrogen-bond acceptors (Lipinski definition) is 6. The number of carbonyl (C=O) groups is 2. The van der Waals surface area contributed by atoms with Gasteiger partial charge in [0.2, 0.25) is 5.88 Å². The fourth-order valence-electron chi connectivity index (χ4n) is 4.02. The maximum absolute atomic E-state index is 12.9. The molecule has 0 saturated carbocycles. The van der Waals surface area contributed by atoms with E-state index < -0.39 is 11.4 Å². The van der Waals surface area contributed by atoms with E-state index in [1.54, 1.807) is 17.0 Å². The van der Waals surface area contributed by atoms with Gasteiger partial charge in [-0.25, -0.2) is 4.98 Å². The van der Waals surface area contributed by atoms with Gasteiger partial charge in [-0.2, -0.15) is 0 Å². The molecule has 1 aromatic heterocycles. The lowest BCUT2D eigenvalue weighted by atomic mass is 9.74. The van der Waals surface area contributed by atoms with Gasteiger partial charge in [0.1, 0.15) is 6.10 Å². The van der Waals surface area contributed by atoms with Crippen molar-refractivity contribution in [2.75, 3.05) is 39.5 Å². The van der Waals surface area contributed by atoms with E-state index in [0.29, 0.717) is 50.8 Å². The zero-order chi connectivity index (χ0) is 18.1. The quantitative estimate of drug-likeness (QED) is 0.846. The van der Waals surface area contributed by atoms with Gasteiger partial charge in [0, 0.05) is 49.9 Å². The van der Waals surface area contributed by atoms with Gasteiger partial charge >= 0.3 is 5.97 Å². The zero-order valence-electron chi connectivity index (χ0n) is 14.4. The Bertz CT molecular complexity index is 705. The largest absolute Gasteiger partial charge is 0.481 e. The maximum atomic E-state index is 12.9. The third-order valence-corrected chi connectivity index (χ3v) is 5.58. The topological polar surface area (TPSA) is 98.2 Å². The molecule has 8 nitrogen and oxygen atoms in total. The fraction of sp³-hybridized carbons (Fsp3) is 0.611. The number of carbonyl (C=O) groups excluding carboxylic acids is 1. The first-order chi connectivity index (χ1) is 12.6. The number of ether oxygens (including phenoxy) is 3. The summed E-state index contributed by atoms with van der Waals surface area (Å²) < 4.78 is 16.5. The molecule has 3 fully saturated rings. The molecule has 1 aromatic rings. The van der Waals surface area contributed by atoms with Crippen LogP contribution in [0.4, 0.5) is 0 Å². The Morgan fingerprint density at radius 2 is 2.15 bits per heavy atom. The monoisotopic (exact) mass is 362 g/mol. The second kappa shape index (κ2) is 6.85. The molecular weight excluding hydrogens is 340 g/mol. The predicted octanol–water partition coefficient (Wildman–Crippen LogP) is 0.813. The number of carboxylic acids is 1. The highest BCUT2D eigenvalue weighted by Gasteiger charge is 2.54. The molecule has 3 aliphatic heterocycles. The summed E-state index contributed by atoms with van der Waals surface area (Å²) >= 11 is 0. The van der Waals surface area contributed by atoms with E-state index in [1.165, 1.54) is 6.20 Å². The summed E-state index contributed by atoms with van der Waals surface area (Å²) in [6.07, 6.45) is 2.73. The number of pyridine rings is 1. The van der Waals surface area contributed by atoms with Crippen LogP contribution in [0, 0.1) is 11.3 Å². The third-order valence-electron chi connectivity index (χ3n) is 5.58. The van der Waals surface area contributed by atoms with E-state index in [1.807, 2.05) is 0 Å². The molecule has 8 heteroatoms. The SMILES string of the molecule is O=C(c1ccnc(OC2CCOC2)c1)N1C[C@H]2COCC[C@@]2(C(=O)O)C1. The van der Waals surface area contributed by atoms with Gasteiger partial charge in [-0.3, -0.25) is 9.59 Å². The van der Waals surface area contributed by atoms with Crippen molar-refractivity contribution in [3.05, 3.63) is 23.9 Å². The minimum atomic E-state index is -0.901. The van der Waals surface area contributed by atoms with Crippen molar-refractivity contribution >= 4 is 11.9 Å². The molecule has 3 atom stereocenters. The van der Waals surface area contributed by atoms with Crippen molar-refractivity contribution in [1.29, 1.82) is 0 Å². The Labute approximate surface area is 151 Å². The molecule has 4 heterocycles. The van der Waals surface area contributed by atoms with Gasteiger partial charge in [-0.1, -0.05) is 0 Å². The van der Waals surface area contributed by atoms with Crippen molar-refractivity contribution in [3.63, 3.8) is 0 Å². The summed E-state index contributed by atoms with van der Waals surface area (Å²) in [5.74, 6) is -0.832. The van der Waals surface area contributed by atoms with Crippen LogP contribution in [0.1, 0.15) is 23.2 Å². The van der Waals surface area contributed by atoms with E-state index in [4.69, 9.17) is 14.2 Å². The van der Waals surface area contributed by atoms with E-state index in [9.17, 15) is 14.7 Å². The highest BCUT2D eigenvalue weighted by atomic mass is 16.5. The van der Waals surface area contributed by atoms with E-state index >= 15 is 0 Å². The number of amides is 1. The summed E-state index contributed by atoms with van der Waals surface area (Å²) in [4.78, 5) is 30.6. The number of likely N-dealkylation sites (tertiary alicyclic amines) is 1. The number of carboxylic acid groups (broad SMARTS) is 1. The van der Waals surface area contributed by atoms with Crippen molar-refractivity contribution < 1.29 is 28.9 Å². The lowest BCUT2D eigenvalue weighted by molar-refractivity contribution is -0.157. The second-order valence-corrected chi connectivity index (χ2v) is 7.16. The maximum Gasteiger partial charge on any atom is 0.311 e. The van der Waals surface area contributed by atoms with Crippen molar-refractivity contribution in [2.24, 2.45) is 11.3 Å². The van der Waals surface area contributed by atoms with Crippen LogP contribution in [-0.4, -0.2) is 72.5 Å². The molecule has 0 radical (unpaired) electrons. The van der Waals surface area contributed by atoms with E-state index in [2.05, 4.69) is 4.98 Å². The number of aliphatic carboxylic acids is 1. The highest BCUT2D eigenvalue weighted by molar-refractivity contribution is 5.95. The molecule has 26 heavy (non-hydrogen) atoms. The summed E-state index contributed by atoms with van der Waals surface area (Å²) in [6.45, 7) is 2.58. The molecule has 0 aliphatic carbocycles. The predicted molar refractivity (Wildman–Crippen MR) is 89.0 cm³/mol. The molecule has 1 unspecified atom stereocenters. The summed E-state index contributed by atoms with van der Waals surface area (Å²) in [6, 6.07) is 3.25. The van der Waals surface area contributed by atoms with Crippen LogP contribution >= 0.6 is 0 Å². The van der Waals surface area contributed by atoms with Gasteiger partial charge in [0.15, 0.2) is 0 Å². The van der Waals surface area contributed by atoms with Crippen molar-refractivity contribution in [2.45, 2.75) is 18.9 Å². The summed E-state index contributed by atoms with van der Waals surface area (Å²) in [5, 5.41) is 9.74. The van der Waals surface area contributed by atoms with E-state index in [0.717, 1.165) is 6.42 Å². The minimum Gasteiger partial charge on any atom is -0.481 e. The number of fused-ring (bicyclic) bond motifs is 1. The van der Waals surface area contributed by atoms with Crippen LogP contribution in [0.25, 0.3) is 0 Å². The molecule has 3 saturated heterocycles. The van der Waals surface area contributed by atoms with E-state index in [-0.39, 0.29) is 24.5 Å². The molecule has 3 aliphatic rings. The van der Waals surface area contributed by atoms with Gasteiger partial charge in [-0.15, -0.1) is 0 Å². The molecule has 0 spiro atoms. The normalized spacial score (nSPS) is 30.8. The summed E-state index contributed by atoms with van der Waals surface area (Å²) in [5.41, 5.74) is -0.449.